The van der Waals surface area contributed by atoms with E-state index >= 15 is 0 Å². The molecule has 1 heterocycles. The van der Waals surface area contributed by atoms with Crippen LogP contribution < -0.4 is 16.0 Å². The normalized spacial score (nSPS) is 16.2. The van der Waals surface area contributed by atoms with Crippen LogP contribution in [0.2, 0.25) is 0 Å². The Bertz CT molecular complexity index is 642. The van der Waals surface area contributed by atoms with E-state index in [0.717, 1.165) is 37.4 Å². The summed E-state index contributed by atoms with van der Waals surface area (Å²) in [5.41, 5.74) is 2.49. The number of anilines is 2. The summed E-state index contributed by atoms with van der Waals surface area (Å²) in [6.07, 6.45) is 2.25. The molecule has 0 spiro atoms. The van der Waals surface area contributed by atoms with E-state index in [0.29, 0.717) is 11.5 Å². The zero-order valence-corrected chi connectivity index (χ0v) is 14.4. The highest BCUT2D eigenvalue weighted by molar-refractivity contribution is 6.00. The van der Waals surface area contributed by atoms with E-state index in [4.69, 9.17) is 0 Å². The predicted octanol–water partition coefficient (Wildman–Crippen LogP) is 3.58. The van der Waals surface area contributed by atoms with Gasteiger partial charge in [0.1, 0.15) is 0 Å². The van der Waals surface area contributed by atoms with Crippen molar-refractivity contribution in [1.29, 1.82) is 0 Å². The lowest BCUT2D eigenvalue weighted by Crippen LogP contribution is -2.27. The van der Waals surface area contributed by atoms with E-state index in [2.05, 4.69) is 16.0 Å². The maximum absolute atomic E-state index is 12.5. The molecule has 1 atom stereocenters. The van der Waals surface area contributed by atoms with Gasteiger partial charge in [0.05, 0.1) is 11.3 Å². The minimum atomic E-state index is -0.0185. The largest absolute Gasteiger partial charge is 0.355 e. The monoisotopic (exact) mass is 345 g/mol. The Balaban J connectivity index is 0.00000208. The smallest absolute Gasteiger partial charge is 0.253 e. The maximum atomic E-state index is 12.5. The van der Waals surface area contributed by atoms with Gasteiger partial charge in [-0.05, 0) is 56.1 Å². The number of rotatable bonds is 6. The van der Waals surface area contributed by atoms with E-state index in [1.807, 2.05) is 54.6 Å². The Labute approximate surface area is 149 Å². The van der Waals surface area contributed by atoms with Crippen molar-refractivity contribution in [3.8, 4) is 0 Å². The van der Waals surface area contributed by atoms with Gasteiger partial charge in [-0.3, -0.25) is 4.79 Å². The van der Waals surface area contributed by atoms with Crippen molar-refractivity contribution in [2.45, 2.75) is 12.8 Å². The van der Waals surface area contributed by atoms with Crippen LogP contribution in [0.4, 0.5) is 11.4 Å². The van der Waals surface area contributed by atoms with Crippen molar-refractivity contribution >= 4 is 29.7 Å². The minimum absolute atomic E-state index is 0. The van der Waals surface area contributed by atoms with Crippen LogP contribution in [0.25, 0.3) is 0 Å². The van der Waals surface area contributed by atoms with Gasteiger partial charge in [-0.15, -0.1) is 12.4 Å². The molecule has 0 aliphatic carbocycles. The van der Waals surface area contributed by atoms with E-state index in [-0.39, 0.29) is 18.3 Å². The van der Waals surface area contributed by atoms with Crippen molar-refractivity contribution in [2.75, 3.05) is 25.0 Å². The first kappa shape index (κ1) is 18.3. The second-order valence-corrected chi connectivity index (χ2v) is 5.94. The number of carbonyl (C=O) groups is 1. The summed E-state index contributed by atoms with van der Waals surface area (Å²) in [5.74, 6) is 0.669. The quantitative estimate of drug-likeness (QED) is 0.750. The summed E-state index contributed by atoms with van der Waals surface area (Å²) < 4.78 is 0. The van der Waals surface area contributed by atoms with Gasteiger partial charge in [0.15, 0.2) is 0 Å². The van der Waals surface area contributed by atoms with Gasteiger partial charge in [-0.25, -0.2) is 0 Å². The Morgan fingerprint density at radius 1 is 1.08 bits per heavy atom. The molecule has 0 saturated carbocycles. The number of nitrogens with one attached hydrogen (secondary N) is 3. The topological polar surface area (TPSA) is 53.2 Å². The predicted molar refractivity (Wildman–Crippen MR) is 101 cm³/mol. The molecule has 24 heavy (non-hydrogen) atoms. The van der Waals surface area contributed by atoms with Crippen LogP contribution in [0, 0.1) is 5.92 Å². The van der Waals surface area contributed by atoms with E-state index in [9.17, 15) is 4.79 Å². The van der Waals surface area contributed by atoms with Crippen molar-refractivity contribution in [3.63, 3.8) is 0 Å². The molecule has 2 aromatic rings. The number of hydrogen-bond donors (Lipinski definition) is 3. The molecule has 0 radical (unpaired) electrons. The molecule has 128 valence electrons. The fourth-order valence-electron chi connectivity index (χ4n) is 2.91. The summed E-state index contributed by atoms with van der Waals surface area (Å²) in [4.78, 5) is 12.5. The average molecular weight is 346 g/mol. The van der Waals surface area contributed by atoms with Crippen molar-refractivity contribution in [1.82, 2.24) is 10.6 Å². The Morgan fingerprint density at radius 2 is 1.83 bits per heavy atom. The minimum Gasteiger partial charge on any atom is -0.355 e. The van der Waals surface area contributed by atoms with Crippen LogP contribution >= 0.6 is 12.4 Å². The number of halogens is 1. The van der Waals surface area contributed by atoms with Gasteiger partial charge in [0, 0.05) is 12.2 Å². The van der Waals surface area contributed by atoms with Gasteiger partial charge in [-0.2, -0.15) is 0 Å². The Morgan fingerprint density at radius 3 is 2.58 bits per heavy atom. The number of para-hydroxylation sites is 2. The van der Waals surface area contributed by atoms with Gasteiger partial charge in [0.2, 0.25) is 0 Å². The first-order valence-corrected chi connectivity index (χ1v) is 8.23. The standard InChI is InChI=1S/C19H23N3O.ClH/c23-19(21-13-11-15-10-12-20-14-15)17-8-4-5-9-18(17)22-16-6-2-1-3-7-16;/h1-9,15,20,22H,10-14H2,(H,21,23);1H. The van der Waals surface area contributed by atoms with Crippen LogP contribution in [0.1, 0.15) is 23.2 Å². The molecule has 3 rings (SSSR count). The van der Waals surface area contributed by atoms with Crippen LogP contribution in [0.15, 0.2) is 54.6 Å². The van der Waals surface area contributed by atoms with Crippen LogP contribution in [0.3, 0.4) is 0 Å². The molecule has 0 aromatic heterocycles. The number of hydrogen-bond acceptors (Lipinski definition) is 3. The lowest BCUT2D eigenvalue weighted by atomic mass is 10.1. The molecule has 4 nitrogen and oxygen atoms in total. The lowest BCUT2D eigenvalue weighted by Gasteiger charge is -2.13. The maximum Gasteiger partial charge on any atom is 0.253 e. The highest BCUT2D eigenvalue weighted by Gasteiger charge is 2.15. The van der Waals surface area contributed by atoms with Crippen molar-refractivity contribution in [2.24, 2.45) is 5.92 Å². The zero-order valence-electron chi connectivity index (χ0n) is 13.6. The summed E-state index contributed by atoms with van der Waals surface area (Å²) in [6.45, 7) is 2.90. The van der Waals surface area contributed by atoms with Crippen molar-refractivity contribution < 1.29 is 4.79 Å². The summed E-state index contributed by atoms with van der Waals surface area (Å²) in [5, 5.41) is 9.72. The van der Waals surface area contributed by atoms with Gasteiger partial charge >= 0.3 is 0 Å². The second-order valence-electron chi connectivity index (χ2n) is 5.94. The van der Waals surface area contributed by atoms with Crippen molar-refractivity contribution in [3.05, 3.63) is 60.2 Å². The third-order valence-corrected chi connectivity index (χ3v) is 4.23. The van der Waals surface area contributed by atoms with Crippen LogP contribution in [-0.4, -0.2) is 25.5 Å². The van der Waals surface area contributed by atoms with E-state index in [1.54, 1.807) is 0 Å². The Kier molecular flexibility index (Phi) is 7.09. The third-order valence-electron chi connectivity index (χ3n) is 4.23. The molecule has 1 saturated heterocycles. The number of amides is 1. The number of carbonyl (C=O) groups excluding carboxylic acids is 1. The molecule has 1 amide bonds. The first-order valence-electron chi connectivity index (χ1n) is 8.23. The first-order chi connectivity index (χ1) is 11.3. The summed E-state index contributed by atoms with van der Waals surface area (Å²) in [7, 11) is 0. The number of benzene rings is 2. The molecule has 1 aliphatic rings. The molecule has 3 N–H and O–H groups in total. The van der Waals surface area contributed by atoms with Crippen LogP contribution in [0.5, 0.6) is 0 Å². The average Bonchev–Trinajstić information content (AvgIpc) is 3.09. The fraction of sp³-hybridized carbons (Fsp3) is 0.316. The molecule has 1 aliphatic heterocycles. The molecule has 2 aromatic carbocycles. The Hall–Kier alpha value is -2.04. The van der Waals surface area contributed by atoms with Gasteiger partial charge in [0.25, 0.3) is 5.91 Å². The SMILES string of the molecule is Cl.O=C(NCCC1CCNC1)c1ccccc1Nc1ccccc1. The van der Waals surface area contributed by atoms with E-state index in [1.165, 1.54) is 6.42 Å². The lowest BCUT2D eigenvalue weighted by molar-refractivity contribution is 0.0952. The molecular weight excluding hydrogens is 322 g/mol. The second kappa shape index (κ2) is 9.30. The molecular formula is C19H24ClN3O. The summed E-state index contributed by atoms with van der Waals surface area (Å²) in [6, 6.07) is 17.5. The zero-order chi connectivity index (χ0) is 15.9. The van der Waals surface area contributed by atoms with E-state index < -0.39 is 0 Å². The molecule has 1 fully saturated rings. The highest BCUT2D eigenvalue weighted by Crippen LogP contribution is 2.20. The molecule has 5 heteroatoms. The van der Waals surface area contributed by atoms with Gasteiger partial charge < -0.3 is 16.0 Å². The van der Waals surface area contributed by atoms with Crippen LogP contribution in [-0.2, 0) is 0 Å². The molecule has 0 bridgehead atoms. The fourth-order valence-corrected chi connectivity index (χ4v) is 2.91. The van der Waals surface area contributed by atoms with Gasteiger partial charge in [-0.1, -0.05) is 30.3 Å². The third kappa shape index (κ3) is 4.98. The highest BCUT2D eigenvalue weighted by atomic mass is 35.5. The summed E-state index contributed by atoms with van der Waals surface area (Å²) >= 11 is 0. The molecule has 1 unspecified atom stereocenters.